The summed E-state index contributed by atoms with van der Waals surface area (Å²) in [6.07, 6.45) is 4.87. The maximum absolute atomic E-state index is 11.7. The summed E-state index contributed by atoms with van der Waals surface area (Å²) in [7, 11) is 1.58. The van der Waals surface area contributed by atoms with Crippen molar-refractivity contribution in [3.63, 3.8) is 0 Å². The normalized spacial score (nSPS) is 10.0. The van der Waals surface area contributed by atoms with E-state index in [1.165, 1.54) is 6.20 Å². The molecule has 2 aromatic heterocycles. The number of hydrogen-bond donors (Lipinski definition) is 1. The molecule has 2 aromatic rings. The molecule has 1 amide bonds. The summed E-state index contributed by atoms with van der Waals surface area (Å²) in [5.41, 5.74) is 1.94. The quantitative estimate of drug-likeness (QED) is 0.838. The molecule has 2 heterocycles. The Morgan fingerprint density at radius 3 is 2.65 bits per heavy atom. The van der Waals surface area contributed by atoms with Crippen LogP contribution in [0, 0.1) is 6.92 Å². The van der Waals surface area contributed by atoms with Crippen LogP contribution in [-0.4, -0.2) is 27.9 Å². The maximum atomic E-state index is 11.7. The van der Waals surface area contributed by atoms with Crippen LogP contribution in [0.25, 0.3) is 11.3 Å². The molecule has 0 spiro atoms. The fraction of sp³-hybridized carbons (Fsp3) is 0.167. The van der Waals surface area contributed by atoms with E-state index in [2.05, 4.69) is 20.3 Å². The number of aryl methyl sites for hydroxylation is 1. The lowest BCUT2D eigenvalue weighted by molar-refractivity contribution is 0.0963. The molecule has 0 aromatic carbocycles. The third-order valence-electron chi connectivity index (χ3n) is 2.33. The van der Waals surface area contributed by atoms with Crippen LogP contribution < -0.4 is 5.32 Å². The van der Waals surface area contributed by atoms with Gasteiger partial charge in [0.25, 0.3) is 5.91 Å². The Hall–Kier alpha value is -2.30. The van der Waals surface area contributed by atoms with Crippen molar-refractivity contribution in [3.8, 4) is 11.3 Å². The number of aromatic nitrogens is 3. The molecule has 5 heteroatoms. The molecule has 0 unspecified atom stereocenters. The van der Waals surface area contributed by atoms with Crippen LogP contribution in [0.4, 0.5) is 0 Å². The molecule has 0 aliphatic heterocycles. The summed E-state index contributed by atoms with van der Waals surface area (Å²) in [6.45, 7) is 1.79. The molecule has 0 bridgehead atoms. The van der Waals surface area contributed by atoms with E-state index in [1.54, 1.807) is 26.4 Å². The zero-order chi connectivity index (χ0) is 12.3. The molecule has 0 aliphatic carbocycles. The number of carbonyl (C=O) groups is 1. The van der Waals surface area contributed by atoms with Crippen molar-refractivity contribution in [3.05, 3.63) is 42.1 Å². The minimum Gasteiger partial charge on any atom is -0.355 e. The number of nitrogens with one attached hydrogen (secondary N) is 1. The molecule has 86 valence electrons. The molecule has 5 nitrogen and oxygen atoms in total. The van der Waals surface area contributed by atoms with E-state index in [0.29, 0.717) is 17.1 Å². The van der Waals surface area contributed by atoms with E-state index in [0.717, 1.165) is 5.56 Å². The van der Waals surface area contributed by atoms with Gasteiger partial charge in [-0.2, -0.15) is 0 Å². The highest BCUT2D eigenvalue weighted by Crippen LogP contribution is 2.20. The predicted molar refractivity (Wildman–Crippen MR) is 63.4 cm³/mol. The lowest BCUT2D eigenvalue weighted by Crippen LogP contribution is -2.19. The van der Waals surface area contributed by atoms with E-state index in [1.807, 2.05) is 12.1 Å². The van der Waals surface area contributed by atoms with Crippen LogP contribution >= 0.6 is 0 Å². The van der Waals surface area contributed by atoms with Gasteiger partial charge in [0.2, 0.25) is 0 Å². The first-order valence-corrected chi connectivity index (χ1v) is 5.18. The van der Waals surface area contributed by atoms with Crippen LogP contribution in [-0.2, 0) is 0 Å². The van der Waals surface area contributed by atoms with E-state index in [9.17, 15) is 4.79 Å². The molecule has 17 heavy (non-hydrogen) atoms. The summed E-state index contributed by atoms with van der Waals surface area (Å²) >= 11 is 0. The van der Waals surface area contributed by atoms with Crippen LogP contribution in [0.1, 0.15) is 16.2 Å². The second-order valence-electron chi connectivity index (χ2n) is 3.49. The number of hydrogen-bond acceptors (Lipinski definition) is 4. The zero-order valence-electron chi connectivity index (χ0n) is 9.64. The van der Waals surface area contributed by atoms with Crippen molar-refractivity contribution >= 4 is 5.91 Å². The van der Waals surface area contributed by atoms with Gasteiger partial charge in [-0.05, 0) is 19.1 Å². The van der Waals surface area contributed by atoms with Crippen molar-refractivity contribution in [2.45, 2.75) is 6.92 Å². The van der Waals surface area contributed by atoms with Crippen LogP contribution in [0.15, 0.2) is 30.7 Å². The number of amides is 1. The molecule has 0 fully saturated rings. The van der Waals surface area contributed by atoms with Crippen molar-refractivity contribution in [2.24, 2.45) is 0 Å². The Balaban J connectivity index is 2.59. The highest BCUT2D eigenvalue weighted by Gasteiger charge is 2.13. The zero-order valence-corrected chi connectivity index (χ0v) is 9.64. The van der Waals surface area contributed by atoms with E-state index < -0.39 is 0 Å². The fourth-order valence-electron chi connectivity index (χ4n) is 1.50. The van der Waals surface area contributed by atoms with Gasteiger partial charge in [-0.25, -0.2) is 9.97 Å². The van der Waals surface area contributed by atoms with Gasteiger partial charge in [0.1, 0.15) is 5.82 Å². The minimum absolute atomic E-state index is 0.197. The van der Waals surface area contributed by atoms with Crippen LogP contribution in [0.3, 0.4) is 0 Å². The molecule has 0 saturated carbocycles. The fourth-order valence-corrected chi connectivity index (χ4v) is 1.50. The van der Waals surface area contributed by atoms with Gasteiger partial charge in [0, 0.05) is 31.2 Å². The Kier molecular flexibility index (Phi) is 3.09. The standard InChI is InChI=1S/C12H12N4O/c1-8-15-7-10(12(17)13-2)11(16-8)9-3-5-14-6-4-9/h3-7H,1-2H3,(H,13,17). The predicted octanol–water partition coefficient (Wildman–Crippen LogP) is 1.21. The molecule has 0 atom stereocenters. The first kappa shape index (κ1) is 11.2. The van der Waals surface area contributed by atoms with Gasteiger partial charge in [-0.1, -0.05) is 0 Å². The number of carbonyl (C=O) groups excluding carboxylic acids is 1. The molecule has 1 N–H and O–H groups in total. The summed E-state index contributed by atoms with van der Waals surface area (Å²) in [5.74, 6) is 0.432. The highest BCUT2D eigenvalue weighted by atomic mass is 16.1. The molecule has 2 rings (SSSR count). The lowest BCUT2D eigenvalue weighted by atomic mass is 10.1. The van der Waals surface area contributed by atoms with Gasteiger partial charge in [-0.3, -0.25) is 9.78 Å². The topological polar surface area (TPSA) is 67.8 Å². The van der Waals surface area contributed by atoms with E-state index >= 15 is 0 Å². The van der Waals surface area contributed by atoms with Gasteiger partial charge in [0.05, 0.1) is 11.3 Å². The third kappa shape index (κ3) is 2.28. The summed E-state index contributed by atoms with van der Waals surface area (Å²) in [6, 6.07) is 3.63. The number of pyridine rings is 1. The summed E-state index contributed by atoms with van der Waals surface area (Å²) in [5, 5.41) is 2.58. The van der Waals surface area contributed by atoms with Crippen molar-refractivity contribution in [1.29, 1.82) is 0 Å². The summed E-state index contributed by atoms with van der Waals surface area (Å²) < 4.78 is 0. The Bertz CT molecular complexity index is 539. The Labute approximate surface area is 99.0 Å². The van der Waals surface area contributed by atoms with Crippen molar-refractivity contribution in [2.75, 3.05) is 7.05 Å². The largest absolute Gasteiger partial charge is 0.355 e. The Morgan fingerprint density at radius 2 is 2.00 bits per heavy atom. The molecular formula is C12H12N4O. The average molecular weight is 228 g/mol. The lowest BCUT2D eigenvalue weighted by Gasteiger charge is -2.07. The number of rotatable bonds is 2. The Morgan fingerprint density at radius 1 is 1.29 bits per heavy atom. The molecular weight excluding hydrogens is 216 g/mol. The van der Waals surface area contributed by atoms with Crippen molar-refractivity contribution < 1.29 is 4.79 Å². The summed E-state index contributed by atoms with van der Waals surface area (Å²) in [4.78, 5) is 24.0. The van der Waals surface area contributed by atoms with Gasteiger partial charge in [-0.15, -0.1) is 0 Å². The average Bonchev–Trinajstić information content (AvgIpc) is 2.39. The monoisotopic (exact) mass is 228 g/mol. The third-order valence-corrected chi connectivity index (χ3v) is 2.33. The molecule has 0 radical (unpaired) electrons. The van der Waals surface area contributed by atoms with Gasteiger partial charge >= 0.3 is 0 Å². The van der Waals surface area contributed by atoms with E-state index in [4.69, 9.17) is 0 Å². The SMILES string of the molecule is CNC(=O)c1cnc(C)nc1-c1ccncc1. The smallest absolute Gasteiger partial charge is 0.254 e. The first-order valence-electron chi connectivity index (χ1n) is 5.18. The molecule has 0 aliphatic rings. The van der Waals surface area contributed by atoms with Crippen LogP contribution in [0.2, 0.25) is 0 Å². The maximum Gasteiger partial charge on any atom is 0.254 e. The minimum atomic E-state index is -0.197. The van der Waals surface area contributed by atoms with E-state index in [-0.39, 0.29) is 5.91 Å². The van der Waals surface area contributed by atoms with Gasteiger partial charge < -0.3 is 5.32 Å². The van der Waals surface area contributed by atoms with Crippen molar-refractivity contribution in [1.82, 2.24) is 20.3 Å². The molecule has 0 saturated heterocycles. The van der Waals surface area contributed by atoms with Gasteiger partial charge in [0.15, 0.2) is 0 Å². The number of nitrogens with zero attached hydrogens (tertiary/aromatic N) is 3. The first-order chi connectivity index (χ1) is 8.22. The van der Waals surface area contributed by atoms with Crippen LogP contribution in [0.5, 0.6) is 0 Å². The second kappa shape index (κ2) is 4.69. The highest BCUT2D eigenvalue weighted by molar-refractivity contribution is 5.99. The second-order valence-corrected chi connectivity index (χ2v) is 3.49.